The van der Waals surface area contributed by atoms with Gasteiger partial charge in [0.05, 0.1) is 24.1 Å². The largest absolute Gasteiger partial charge is 0.497 e. The summed E-state index contributed by atoms with van der Waals surface area (Å²) in [7, 11) is -0.796. The van der Waals surface area contributed by atoms with Gasteiger partial charge in [-0.15, -0.1) is 0 Å². The van der Waals surface area contributed by atoms with E-state index in [-0.39, 0.29) is 22.3 Å². The molecule has 0 aromatic heterocycles. The fraction of sp³-hybridized carbons (Fsp3) is 0.136. The van der Waals surface area contributed by atoms with Gasteiger partial charge in [-0.2, -0.15) is 0 Å². The third-order valence-corrected chi connectivity index (χ3v) is 5.96. The standard InChI is InChI=1S/C22H21ClN2O6S/c1-29-17-7-3-15(4-8-17)24-22(26)14-31-21-12-11-19(13-20(21)23)32(27,28)25-16-5-9-18(30-2)10-6-16/h3-13,25H,14H2,1-2H3,(H,24,26). The van der Waals surface area contributed by atoms with Crippen LogP contribution in [0.5, 0.6) is 17.2 Å². The van der Waals surface area contributed by atoms with Crippen molar-refractivity contribution in [3.8, 4) is 17.2 Å². The van der Waals surface area contributed by atoms with Gasteiger partial charge in [-0.25, -0.2) is 8.42 Å². The van der Waals surface area contributed by atoms with E-state index in [2.05, 4.69) is 10.0 Å². The number of sulfonamides is 1. The summed E-state index contributed by atoms with van der Waals surface area (Å²) < 4.78 is 43.2. The van der Waals surface area contributed by atoms with Gasteiger partial charge in [0.15, 0.2) is 6.61 Å². The quantitative estimate of drug-likeness (QED) is 0.480. The number of carbonyl (C=O) groups is 1. The van der Waals surface area contributed by atoms with Gasteiger partial charge < -0.3 is 19.5 Å². The minimum atomic E-state index is -3.87. The summed E-state index contributed by atoms with van der Waals surface area (Å²) in [6, 6.07) is 17.2. The molecule has 0 saturated heterocycles. The van der Waals surface area contributed by atoms with Gasteiger partial charge in [-0.3, -0.25) is 9.52 Å². The zero-order chi connectivity index (χ0) is 23.1. The molecule has 0 spiro atoms. The lowest BCUT2D eigenvalue weighted by atomic mass is 10.3. The molecule has 0 bridgehead atoms. The number of amides is 1. The lowest BCUT2D eigenvalue weighted by Crippen LogP contribution is -2.20. The summed E-state index contributed by atoms with van der Waals surface area (Å²) in [5, 5.41) is 2.73. The lowest BCUT2D eigenvalue weighted by Gasteiger charge is -2.12. The molecule has 3 rings (SSSR count). The fourth-order valence-corrected chi connectivity index (χ4v) is 4.04. The molecule has 0 aliphatic rings. The summed E-state index contributed by atoms with van der Waals surface area (Å²) in [5.41, 5.74) is 0.953. The van der Waals surface area contributed by atoms with Crippen LogP contribution in [0, 0.1) is 0 Å². The Morgan fingerprint density at radius 2 is 1.44 bits per heavy atom. The summed E-state index contributed by atoms with van der Waals surface area (Å²) in [6.45, 7) is -0.304. The summed E-state index contributed by atoms with van der Waals surface area (Å²) in [4.78, 5) is 12.1. The Labute approximate surface area is 191 Å². The van der Waals surface area contributed by atoms with Crippen LogP contribution >= 0.6 is 11.6 Å². The van der Waals surface area contributed by atoms with E-state index in [0.29, 0.717) is 22.9 Å². The minimum Gasteiger partial charge on any atom is -0.497 e. The molecule has 10 heteroatoms. The number of rotatable bonds is 9. The molecule has 0 fully saturated rings. The molecule has 0 aliphatic carbocycles. The monoisotopic (exact) mass is 476 g/mol. The molecule has 3 aromatic carbocycles. The van der Waals surface area contributed by atoms with Crippen LogP contribution in [0.25, 0.3) is 0 Å². The maximum Gasteiger partial charge on any atom is 0.262 e. The van der Waals surface area contributed by atoms with Crippen LogP contribution in [-0.4, -0.2) is 35.2 Å². The van der Waals surface area contributed by atoms with E-state index in [0.717, 1.165) is 0 Å². The second-order valence-electron chi connectivity index (χ2n) is 6.49. The molecule has 8 nitrogen and oxygen atoms in total. The normalized spacial score (nSPS) is 10.8. The van der Waals surface area contributed by atoms with Crippen molar-refractivity contribution < 1.29 is 27.4 Å². The van der Waals surface area contributed by atoms with Crippen molar-refractivity contribution in [2.24, 2.45) is 0 Å². The zero-order valence-electron chi connectivity index (χ0n) is 17.3. The van der Waals surface area contributed by atoms with Crippen molar-refractivity contribution in [3.63, 3.8) is 0 Å². The van der Waals surface area contributed by atoms with Crippen LogP contribution < -0.4 is 24.2 Å². The summed E-state index contributed by atoms with van der Waals surface area (Å²) in [6.07, 6.45) is 0. The minimum absolute atomic E-state index is 0.0478. The van der Waals surface area contributed by atoms with Crippen LogP contribution in [0.2, 0.25) is 5.02 Å². The Kier molecular flexibility index (Phi) is 7.45. The number of ether oxygens (including phenoxy) is 3. The van der Waals surface area contributed by atoms with Crippen molar-refractivity contribution in [2.75, 3.05) is 30.9 Å². The fourth-order valence-electron chi connectivity index (χ4n) is 2.65. The smallest absolute Gasteiger partial charge is 0.262 e. The van der Waals surface area contributed by atoms with Gasteiger partial charge in [-0.1, -0.05) is 11.6 Å². The molecule has 0 saturated carbocycles. The van der Waals surface area contributed by atoms with Gasteiger partial charge in [-0.05, 0) is 66.7 Å². The summed E-state index contributed by atoms with van der Waals surface area (Å²) >= 11 is 6.18. The maximum atomic E-state index is 12.6. The first-order valence-corrected chi connectivity index (χ1v) is 11.2. The second-order valence-corrected chi connectivity index (χ2v) is 8.58. The number of nitrogens with one attached hydrogen (secondary N) is 2. The SMILES string of the molecule is COc1ccc(NC(=O)COc2ccc(S(=O)(=O)Nc3ccc(OC)cc3)cc2Cl)cc1. The van der Waals surface area contributed by atoms with E-state index < -0.39 is 15.9 Å². The molecule has 3 aromatic rings. The molecular weight excluding hydrogens is 456 g/mol. The number of halogens is 1. The number of methoxy groups -OCH3 is 2. The van der Waals surface area contributed by atoms with Gasteiger partial charge in [0.2, 0.25) is 0 Å². The predicted octanol–water partition coefficient (Wildman–Crippen LogP) is 4.18. The molecule has 0 unspecified atom stereocenters. The molecule has 168 valence electrons. The van der Waals surface area contributed by atoms with Crippen LogP contribution in [0.1, 0.15) is 0 Å². The van der Waals surface area contributed by atoms with Gasteiger partial charge >= 0.3 is 0 Å². The number of hydrogen-bond donors (Lipinski definition) is 2. The number of benzene rings is 3. The van der Waals surface area contributed by atoms with Gasteiger partial charge in [0.1, 0.15) is 17.2 Å². The van der Waals surface area contributed by atoms with Crippen molar-refractivity contribution in [1.82, 2.24) is 0 Å². The van der Waals surface area contributed by atoms with Crippen molar-refractivity contribution in [2.45, 2.75) is 4.90 Å². The molecular formula is C22H21ClN2O6S. The highest BCUT2D eigenvalue weighted by Crippen LogP contribution is 2.28. The van der Waals surface area contributed by atoms with Crippen molar-refractivity contribution >= 4 is 38.9 Å². The topological polar surface area (TPSA) is 103 Å². The summed E-state index contributed by atoms with van der Waals surface area (Å²) in [5.74, 6) is 1.06. The maximum absolute atomic E-state index is 12.6. The van der Waals surface area contributed by atoms with E-state index in [1.165, 1.54) is 25.3 Å². The lowest BCUT2D eigenvalue weighted by molar-refractivity contribution is -0.118. The first-order chi connectivity index (χ1) is 15.3. The molecule has 1 amide bonds. The average molecular weight is 477 g/mol. The molecule has 0 aliphatic heterocycles. The highest BCUT2D eigenvalue weighted by molar-refractivity contribution is 7.92. The Hall–Kier alpha value is -3.43. The highest BCUT2D eigenvalue weighted by Gasteiger charge is 2.17. The Bertz CT molecular complexity index is 1180. The predicted molar refractivity (Wildman–Crippen MR) is 122 cm³/mol. The average Bonchev–Trinajstić information content (AvgIpc) is 2.79. The van der Waals surface area contributed by atoms with E-state index in [1.54, 1.807) is 55.6 Å². The van der Waals surface area contributed by atoms with E-state index >= 15 is 0 Å². The molecule has 0 radical (unpaired) electrons. The Morgan fingerprint density at radius 1 is 0.875 bits per heavy atom. The van der Waals surface area contributed by atoms with Crippen molar-refractivity contribution in [3.05, 3.63) is 71.8 Å². The van der Waals surface area contributed by atoms with Gasteiger partial charge in [0, 0.05) is 11.4 Å². The van der Waals surface area contributed by atoms with Crippen molar-refractivity contribution in [1.29, 1.82) is 0 Å². The number of anilines is 2. The van der Waals surface area contributed by atoms with E-state index in [1.807, 2.05) is 0 Å². The van der Waals surface area contributed by atoms with Crippen LogP contribution in [0.15, 0.2) is 71.6 Å². The Morgan fingerprint density at radius 3 is 1.97 bits per heavy atom. The van der Waals surface area contributed by atoms with Crippen LogP contribution in [-0.2, 0) is 14.8 Å². The molecule has 0 heterocycles. The number of carbonyl (C=O) groups excluding carboxylic acids is 1. The van der Waals surface area contributed by atoms with E-state index in [4.69, 9.17) is 25.8 Å². The third kappa shape index (κ3) is 6.05. The highest BCUT2D eigenvalue weighted by atomic mass is 35.5. The van der Waals surface area contributed by atoms with E-state index in [9.17, 15) is 13.2 Å². The molecule has 2 N–H and O–H groups in total. The first-order valence-electron chi connectivity index (χ1n) is 9.34. The zero-order valence-corrected chi connectivity index (χ0v) is 18.9. The second kappa shape index (κ2) is 10.3. The van der Waals surface area contributed by atoms with Crippen LogP contribution in [0.4, 0.5) is 11.4 Å². The third-order valence-electron chi connectivity index (χ3n) is 4.29. The number of hydrogen-bond acceptors (Lipinski definition) is 6. The Balaban J connectivity index is 1.61. The van der Waals surface area contributed by atoms with Gasteiger partial charge in [0.25, 0.3) is 15.9 Å². The first kappa shape index (κ1) is 23.2. The molecule has 0 atom stereocenters. The van der Waals surface area contributed by atoms with Crippen LogP contribution in [0.3, 0.4) is 0 Å². The molecule has 32 heavy (non-hydrogen) atoms.